The van der Waals surface area contributed by atoms with Gasteiger partial charge in [0.25, 0.3) is 0 Å². The van der Waals surface area contributed by atoms with Crippen molar-refractivity contribution in [1.29, 1.82) is 0 Å². The van der Waals surface area contributed by atoms with E-state index >= 15 is 0 Å². The molecule has 2 rings (SSSR count). The summed E-state index contributed by atoms with van der Waals surface area (Å²) in [6.07, 6.45) is -0.364. The van der Waals surface area contributed by atoms with Gasteiger partial charge >= 0.3 is 6.18 Å². The van der Waals surface area contributed by atoms with E-state index in [0.29, 0.717) is 6.20 Å². The van der Waals surface area contributed by atoms with E-state index in [1.165, 1.54) is 10.9 Å². The number of halogens is 3. The first-order valence-electron chi connectivity index (χ1n) is 5.41. The minimum Gasteiger partial charge on any atom is -0.274 e. The van der Waals surface area contributed by atoms with Crippen molar-refractivity contribution < 1.29 is 21.6 Å². The Morgan fingerprint density at radius 1 is 1.25 bits per heavy atom. The van der Waals surface area contributed by atoms with Gasteiger partial charge in [0.2, 0.25) is 0 Å². The maximum atomic E-state index is 12.5. The molecule has 0 atom stereocenters. The Labute approximate surface area is 113 Å². The fraction of sp³-hybridized carbons (Fsp3) is 0.273. The van der Waals surface area contributed by atoms with E-state index in [-0.39, 0.29) is 10.5 Å². The van der Waals surface area contributed by atoms with Crippen LogP contribution in [-0.4, -0.2) is 23.2 Å². The Bertz CT molecular complexity index is 723. The molecule has 108 valence electrons. The van der Waals surface area contributed by atoms with E-state index in [9.17, 15) is 21.6 Å². The van der Waals surface area contributed by atoms with Crippen LogP contribution < -0.4 is 0 Å². The van der Waals surface area contributed by atoms with Gasteiger partial charge in [-0.1, -0.05) is 0 Å². The van der Waals surface area contributed by atoms with Gasteiger partial charge in [-0.3, -0.25) is 9.67 Å². The zero-order chi connectivity index (χ0) is 15.0. The number of alkyl halides is 3. The molecule has 0 spiro atoms. The van der Waals surface area contributed by atoms with Crippen LogP contribution >= 0.6 is 0 Å². The third-order valence-corrected chi connectivity index (χ3v) is 4.16. The first kappa shape index (κ1) is 14.5. The molecule has 0 aromatic carbocycles. The van der Waals surface area contributed by atoms with E-state index in [0.717, 1.165) is 18.5 Å². The van der Waals surface area contributed by atoms with Crippen molar-refractivity contribution in [2.24, 2.45) is 7.05 Å². The molecule has 0 radical (unpaired) electrons. The molecule has 0 N–H and O–H groups in total. The summed E-state index contributed by atoms with van der Waals surface area (Å²) in [6.45, 7) is 0. The Morgan fingerprint density at radius 2 is 1.95 bits per heavy atom. The van der Waals surface area contributed by atoms with Gasteiger partial charge in [-0.25, -0.2) is 8.42 Å². The topological polar surface area (TPSA) is 64.8 Å². The lowest BCUT2D eigenvalue weighted by molar-refractivity contribution is -0.137. The largest absolute Gasteiger partial charge is 0.417 e. The quantitative estimate of drug-likeness (QED) is 0.867. The standard InChI is InChI=1S/C11H10F3N3O2S/c1-17-6-10(5-16-17)20(18,19)7-8-2-9(4-15-3-8)11(12,13)14/h2-6H,7H2,1H3. The lowest BCUT2D eigenvalue weighted by atomic mass is 10.2. The second-order valence-corrected chi connectivity index (χ2v) is 6.18. The first-order valence-corrected chi connectivity index (χ1v) is 7.06. The molecule has 5 nitrogen and oxygen atoms in total. The summed E-state index contributed by atoms with van der Waals surface area (Å²) in [5.41, 5.74) is -1.000. The third-order valence-electron chi connectivity index (χ3n) is 2.52. The number of aryl methyl sites for hydroxylation is 1. The van der Waals surface area contributed by atoms with Crippen LogP contribution in [0, 0.1) is 0 Å². The molecule has 0 aliphatic carbocycles. The summed E-state index contributed by atoms with van der Waals surface area (Å²) in [5, 5.41) is 3.72. The monoisotopic (exact) mass is 305 g/mol. The summed E-state index contributed by atoms with van der Waals surface area (Å²) < 4.78 is 62.9. The minimum absolute atomic E-state index is 0.0244. The van der Waals surface area contributed by atoms with Crippen LogP contribution in [-0.2, 0) is 28.8 Å². The van der Waals surface area contributed by atoms with Gasteiger partial charge in [0.05, 0.1) is 17.5 Å². The van der Waals surface area contributed by atoms with Crippen molar-refractivity contribution in [1.82, 2.24) is 14.8 Å². The van der Waals surface area contributed by atoms with Gasteiger partial charge in [0.1, 0.15) is 4.90 Å². The van der Waals surface area contributed by atoms with Gasteiger partial charge in [-0.05, 0) is 11.6 Å². The Balaban J connectivity index is 2.31. The fourth-order valence-corrected chi connectivity index (χ4v) is 2.87. The minimum atomic E-state index is -4.55. The SMILES string of the molecule is Cn1cc(S(=O)(=O)Cc2cncc(C(F)(F)F)c2)cn1. The van der Waals surface area contributed by atoms with E-state index in [1.54, 1.807) is 7.05 Å². The van der Waals surface area contributed by atoms with Gasteiger partial charge in [0.15, 0.2) is 9.84 Å². The summed E-state index contributed by atoms with van der Waals surface area (Å²) >= 11 is 0. The van der Waals surface area contributed by atoms with Crippen LogP contribution in [0.4, 0.5) is 13.2 Å². The average Bonchev–Trinajstić information content (AvgIpc) is 2.75. The molecule has 0 amide bonds. The van der Waals surface area contributed by atoms with Crippen molar-refractivity contribution >= 4 is 9.84 Å². The molecule has 0 aliphatic rings. The normalized spacial score (nSPS) is 12.6. The number of pyridine rings is 1. The van der Waals surface area contributed by atoms with Crippen molar-refractivity contribution in [2.45, 2.75) is 16.8 Å². The van der Waals surface area contributed by atoms with Gasteiger partial charge in [-0.2, -0.15) is 18.3 Å². The molecule has 0 saturated carbocycles. The highest BCUT2D eigenvalue weighted by atomic mass is 32.2. The molecular weight excluding hydrogens is 295 g/mol. The second kappa shape index (κ2) is 4.89. The average molecular weight is 305 g/mol. The predicted octanol–water partition coefficient (Wildman–Crippen LogP) is 1.81. The molecule has 0 fully saturated rings. The summed E-state index contributed by atoms with van der Waals surface area (Å²) in [4.78, 5) is 3.38. The zero-order valence-electron chi connectivity index (χ0n) is 10.3. The van der Waals surface area contributed by atoms with Gasteiger partial charge < -0.3 is 0 Å². The first-order chi connectivity index (χ1) is 9.18. The maximum Gasteiger partial charge on any atom is 0.417 e. The Kier molecular flexibility index (Phi) is 3.55. The van der Waals surface area contributed by atoms with Gasteiger partial charge in [0, 0.05) is 25.6 Å². The molecule has 20 heavy (non-hydrogen) atoms. The van der Waals surface area contributed by atoms with Crippen molar-refractivity contribution in [3.05, 3.63) is 42.0 Å². The van der Waals surface area contributed by atoms with Crippen LogP contribution in [0.2, 0.25) is 0 Å². The summed E-state index contributed by atoms with van der Waals surface area (Å²) in [7, 11) is -2.20. The summed E-state index contributed by atoms with van der Waals surface area (Å²) in [5.74, 6) is -0.560. The number of hydrogen-bond acceptors (Lipinski definition) is 4. The number of nitrogens with zero attached hydrogens (tertiary/aromatic N) is 3. The van der Waals surface area contributed by atoms with Crippen molar-refractivity contribution in [3.63, 3.8) is 0 Å². The molecule has 0 saturated heterocycles. The zero-order valence-corrected chi connectivity index (χ0v) is 11.1. The molecule has 0 unspecified atom stereocenters. The highest BCUT2D eigenvalue weighted by Gasteiger charge is 2.31. The number of hydrogen-bond donors (Lipinski definition) is 0. The Morgan fingerprint density at radius 3 is 2.50 bits per heavy atom. The lowest BCUT2D eigenvalue weighted by Gasteiger charge is -2.08. The number of aromatic nitrogens is 3. The van der Waals surface area contributed by atoms with Crippen molar-refractivity contribution in [3.8, 4) is 0 Å². The van der Waals surface area contributed by atoms with E-state index < -0.39 is 27.3 Å². The van der Waals surface area contributed by atoms with Crippen molar-refractivity contribution in [2.75, 3.05) is 0 Å². The highest BCUT2D eigenvalue weighted by Crippen LogP contribution is 2.29. The van der Waals surface area contributed by atoms with E-state index in [2.05, 4.69) is 10.1 Å². The van der Waals surface area contributed by atoms with E-state index in [4.69, 9.17) is 0 Å². The molecule has 0 bridgehead atoms. The smallest absolute Gasteiger partial charge is 0.274 e. The molecule has 2 heterocycles. The van der Waals surface area contributed by atoms with Crippen LogP contribution in [0.25, 0.3) is 0 Å². The van der Waals surface area contributed by atoms with Crippen LogP contribution in [0.3, 0.4) is 0 Å². The number of sulfone groups is 1. The predicted molar refractivity (Wildman–Crippen MR) is 63.3 cm³/mol. The molecule has 0 aliphatic heterocycles. The third kappa shape index (κ3) is 3.16. The lowest BCUT2D eigenvalue weighted by Crippen LogP contribution is -2.09. The van der Waals surface area contributed by atoms with Crippen LogP contribution in [0.15, 0.2) is 35.7 Å². The molecule has 9 heteroatoms. The highest BCUT2D eigenvalue weighted by molar-refractivity contribution is 7.90. The molecule has 2 aromatic heterocycles. The van der Waals surface area contributed by atoms with E-state index in [1.807, 2.05) is 0 Å². The van der Waals surface area contributed by atoms with Crippen LogP contribution in [0.1, 0.15) is 11.1 Å². The van der Waals surface area contributed by atoms with Gasteiger partial charge in [-0.15, -0.1) is 0 Å². The second-order valence-electron chi connectivity index (χ2n) is 4.19. The maximum absolute atomic E-state index is 12.5. The Hall–Kier alpha value is -1.90. The summed E-state index contributed by atoms with van der Waals surface area (Å²) in [6, 6.07) is 0.779. The fourth-order valence-electron chi connectivity index (χ4n) is 1.58. The number of rotatable bonds is 3. The molecular formula is C11H10F3N3O2S. The van der Waals surface area contributed by atoms with Crippen LogP contribution in [0.5, 0.6) is 0 Å². The molecule has 2 aromatic rings.